The Morgan fingerprint density at radius 1 is 1.21 bits per heavy atom. The molecule has 24 heavy (non-hydrogen) atoms. The molecule has 1 aromatic carbocycles. The molecule has 1 fully saturated rings. The maximum atomic E-state index is 12.3. The predicted octanol–water partition coefficient (Wildman–Crippen LogP) is 3.53. The summed E-state index contributed by atoms with van der Waals surface area (Å²) < 4.78 is 0. The fourth-order valence-electron chi connectivity index (χ4n) is 3.55. The van der Waals surface area contributed by atoms with Gasteiger partial charge in [0.25, 0.3) is 5.56 Å². The molecule has 1 aromatic heterocycles. The van der Waals surface area contributed by atoms with Crippen LogP contribution in [-0.4, -0.2) is 16.9 Å². The summed E-state index contributed by atoms with van der Waals surface area (Å²) in [5, 5.41) is 4.14. The zero-order chi connectivity index (χ0) is 17.1. The Kier molecular flexibility index (Phi) is 5.03. The SMILES string of the molecule is Cc1ccc2cc(CCC(=O)NC3CCCCC3)c(=O)[nH]c2c1C. The monoisotopic (exact) mass is 326 g/mol. The normalized spacial score (nSPS) is 15.6. The van der Waals surface area contributed by atoms with E-state index in [4.69, 9.17) is 0 Å². The second-order valence-electron chi connectivity index (χ2n) is 7.00. The third-order valence-corrected chi connectivity index (χ3v) is 5.22. The molecule has 0 saturated heterocycles. The van der Waals surface area contributed by atoms with Crippen LogP contribution in [0.15, 0.2) is 23.0 Å². The molecule has 2 N–H and O–H groups in total. The van der Waals surface area contributed by atoms with Crippen molar-refractivity contribution in [2.75, 3.05) is 0 Å². The zero-order valence-electron chi connectivity index (χ0n) is 14.6. The number of aryl methyl sites for hydroxylation is 3. The third-order valence-electron chi connectivity index (χ3n) is 5.22. The molecule has 4 heteroatoms. The van der Waals surface area contributed by atoms with Gasteiger partial charge in [-0.15, -0.1) is 0 Å². The standard InChI is InChI=1S/C20H26N2O2/c1-13-8-9-15-12-16(20(24)22-19(15)14(13)2)10-11-18(23)21-17-6-4-3-5-7-17/h8-9,12,17H,3-7,10-11H2,1-2H3,(H,21,23)(H,22,24). The first-order valence-corrected chi connectivity index (χ1v) is 8.96. The second kappa shape index (κ2) is 7.20. The molecule has 2 aromatic rings. The predicted molar refractivity (Wildman–Crippen MR) is 97.4 cm³/mol. The number of hydrogen-bond acceptors (Lipinski definition) is 2. The molecule has 1 aliphatic rings. The topological polar surface area (TPSA) is 62.0 Å². The molecule has 1 saturated carbocycles. The number of benzene rings is 1. The Labute approximate surface area is 142 Å². The fraction of sp³-hybridized carbons (Fsp3) is 0.500. The van der Waals surface area contributed by atoms with Gasteiger partial charge in [0.2, 0.25) is 5.91 Å². The van der Waals surface area contributed by atoms with Crippen molar-refractivity contribution in [2.24, 2.45) is 0 Å². The highest BCUT2D eigenvalue weighted by Gasteiger charge is 2.16. The van der Waals surface area contributed by atoms with E-state index in [9.17, 15) is 9.59 Å². The number of H-pyrrole nitrogens is 1. The number of hydrogen-bond donors (Lipinski definition) is 2. The molecule has 3 rings (SSSR count). The van der Waals surface area contributed by atoms with Gasteiger partial charge in [0.15, 0.2) is 0 Å². The lowest BCUT2D eigenvalue weighted by Crippen LogP contribution is -2.36. The van der Waals surface area contributed by atoms with Crippen LogP contribution in [0.4, 0.5) is 0 Å². The van der Waals surface area contributed by atoms with Gasteiger partial charge in [0.1, 0.15) is 0 Å². The highest BCUT2D eigenvalue weighted by Crippen LogP contribution is 2.20. The first kappa shape index (κ1) is 16.7. The van der Waals surface area contributed by atoms with E-state index >= 15 is 0 Å². The molecular formula is C20H26N2O2. The average molecular weight is 326 g/mol. The van der Waals surface area contributed by atoms with Crippen LogP contribution in [0.25, 0.3) is 10.9 Å². The molecule has 1 amide bonds. The van der Waals surface area contributed by atoms with Crippen molar-refractivity contribution in [2.45, 2.75) is 64.8 Å². The summed E-state index contributed by atoms with van der Waals surface area (Å²) in [7, 11) is 0. The van der Waals surface area contributed by atoms with Gasteiger partial charge in [-0.05, 0) is 55.7 Å². The summed E-state index contributed by atoms with van der Waals surface area (Å²) in [5.74, 6) is 0.0569. The van der Waals surface area contributed by atoms with Gasteiger partial charge in [-0.3, -0.25) is 9.59 Å². The van der Waals surface area contributed by atoms with Crippen molar-refractivity contribution < 1.29 is 4.79 Å². The smallest absolute Gasteiger partial charge is 0.251 e. The fourth-order valence-corrected chi connectivity index (χ4v) is 3.55. The summed E-state index contributed by atoms with van der Waals surface area (Å²) in [6.07, 6.45) is 6.70. The van der Waals surface area contributed by atoms with Crippen molar-refractivity contribution in [1.29, 1.82) is 0 Å². The van der Waals surface area contributed by atoms with Gasteiger partial charge >= 0.3 is 0 Å². The molecule has 0 radical (unpaired) electrons. The van der Waals surface area contributed by atoms with Gasteiger partial charge in [0, 0.05) is 18.0 Å². The van der Waals surface area contributed by atoms with Crippen LogP contribution < -0.4 is 10.9 Å². The quantitative estimate of drug-likeness (QED) is 0.903. The molecule has 0 spiro atoms. The van der Waals surface area contributed by atoms with E-state index < -0.39 is 0 Å². The van der Waals surface area contributed by atoms with E-state index in [0.717, 1.165) is 34.9 Å². The Hall–Kier alpha value is -2.10. The largest absolute Gasteiger partial charge is 0.353 e. The van der Waals surface area contributed by atoms with Crippen LogP contribution in [0.2, 0.25) is 0 Å². The Bertz CT molecular complexity index is 801. The molecule has 0 aliphatic heterocycles. The Balaban J connectivity index is 1.68. The Morgan fingerprint density at radius 2 is 1.96 bits per heavy atom. The maximum Gasteiger partial charge on any atom is 0.251 e. The lowest BCUT2D eigenvalue weighted by Gasteiger charge is -2.22. The minimum Gasteiger partial charge on any atom is -0.353 e. The molecule has 1 aliphatic carbocycles. The third kappa shape index (κ3) is 3.69. The first-order valence-electron chi connectivity index (χ1n) is 8.96. The lowest BCUT2D eigenvalue weighted by atomic mass is 9.95. The van der Waals surface area contributed by atoms with E-state index in [-0.39, 0.29) is 11.5 Å². The van der Waals surface area contributed by atoms with Crippen LogP contribution >= 0.6 is 0 Å². The van der Waals surface area contributed by atoms with E-state index in [1.54, 1.807) is 0 Å². The van der Waals surface area contributed by atoms with Crippen LogP contribution in [-0.2, 0) is 11.2 Å². The molecule has 0 unspecified atom stereocenters. The van der Waals surface area contributed by atoms with E-state index in [1.807, 2.05) is 26.0 Å². The number of aromatic nitrogens is 1. The molecule has 0 atom stereocenters. The van der Waals surface area contributed by atoms with Crippen molar-refractivity contribution in [3.05, 3.63) is 45.2 Å². The summed E-state index contributed by atoms with van der Waals surface area (Å²) in [6.45, 7) is 4.06. The molecular weight excluding hydrogens is 300 g/mol. The van der Waals surface area contributed by atoms with Crippen molar-refractivity contribution in [3.63, 3.8) is 0 Å². The summed E-state index contributed by atoms with van der Waals surface area (Å²) >= 11 is 0. The zero-order valence-corrected chi connectivity index (χ0v) is 14.6. The van der Waals surface area contributed by atoms with Gasteiger partial charge in [-0.1, -0.05) is 31.4 Å². The number of carbonyl (C=O) groups excluding carboxylic acids is 1. The van der Waals surface area contributed by atoms with Crippen LogP contribution in [0.3, 0.4) is 0 Å². The van der Waals surface area contributed by atoms with Gasteiger partial charge in [-0.25, -0.2) is 0 Å². The number of carbonyl (C=O) groups is 1. The van der Waals surface area contributed by atoms with Crippen LogP contribution in [0.1, 0.15) is 55.2 Å². The number of pyridine rings is 1. The van der Waals surface area contributed by atoms with Crippen molar-refractivity contribution in [1.82, 2.24) is 10.3 Å². The Morgan fingerprint density at radius 3 is 2.71 bits per heavy atom. The lowest BCUT2D eigenvalue weighted by molar-refractivity contribution is -0.121. The van der Waals surface area contributed by atoms with E-state index in [1.165, 1.54) is 19.3 Å². The number of amides is 1. The minimum absolute atomic E-state index is 0.0569. The van der Waals surface area contributed by atoms with E-state index in [0.29, 0.717) is 24.4 Å². The summed E-state index contributed by atoms with van der Waals surface area (Å²) in [4.78, 5) is 27.4. The second-order valence-corrected chi connectivity index (χ2v) is 7.00. The molecule has 4 nitrogen and oxygen atoms in total. The van der Waals surface area contributed by atoms with Crippen molar-refractivity contribution >= 4 is 16.8 Å². The average Bonchev–Trinajstić information content (AvgIpc) is 2.58. The molecule has 0 bridgehead atoms. The van der Waals surface area contributed by atoms with Gasteiger partial charge < -0.3 is 10.3 Å². The van der Waals surface area contributed by atoms with Gasteiger partial charge in [-0.2, -0.15) is 0 Å². The highest BCUT2D eigenvalue weighted by molar-refractivity contribution is 5.83. The van der Waals surface area contributed by atoms with E-state index in [2.05, 4.69) is 16.4 Å². The highest BCUT2D eigenvalue weighted by atomic mass is 16.1. The number of nitrogens with one attached hydrogen (secondary N) is 2. The summed E-state index contributed by atoms with van der Waals surface area (Å²) in [6, 6.07) is 6.34. The number of aromatic amines is 1. The van der Waals surface area contributed by atoms with Gasteiger partial charge in [0.05, 0.1) is 5.52 Å². The maximum absolute atomic E-state index is 12.3. The van der Waals surface area contributed by atoms with Crippen LogP contribution in [0, 0.1) is 13.8 Å². The van der Waals surface area contributed by atoms with Crippen molar-refractivity contribution in [3.8, 4) is 0 Å². The summed E-state index contributed by atoms with van der Waals surface area (Å²) in [5.41, 5.74) is 3.77. The number of rotatable bonds is 4. The minimum atomic E-state index is -0.0818. The molecule has 128 valence electrons. The molecule has 1 heterocycles. The first-order chi connectivity index (χ1) is 11.5. The number of fused-ring (bicyclic) bond motifs is 1. The van der Waals surface area contributed by atoms with Crippen LogP contribution in [0.5, 0.6) is 0 Å².